The number of carbonyl (C=O) groups is 2. The summed E-state index contributed by atoms with van der Waals surface area (Å²) in [7, 11) is 0. The average molecular weight is 380 g/mol. The summed E-state index contributed by atoms with van der Waals surface area (Å²) in [6.07, 6.45) is 0.926. The van der Waals surface area contributed by atoms with Gasteiger partial charge in [-0.3, -0.25) is 9.59 Å². The van der Waals surface area contributed by atoms with Crippen LogP contribution >= 0.6 is 11.3 Å². The summed E-state index contributed by atoms with van der Waals surface area (Å²) >= 11 is 1.72. The molecule has 2 aromatic rings. The molecule has 1 amide bonds. The summed E-state index contributed by atoms with van der Waals surface area (Å²) in [4.78, 5) is 35.2. The van der Waals surface area contributed by atoms with Gasteiger partial charge in [0.2, 0.25) is 5.76 Å². The monoisotopic (exact) mass is 380 g/mol. The standard InChI is InChI=1S/C16H22N4O2S.CH2O2/c1-10-12(3)23-16(18-10)20-7-5-6-19(8-9-20)15(21)14-11(2)17-13(4)22-14;2-1-3/h5-9H2,1-4H3;1H,(H,2,3). The average Bonchev–Trinajstić information content (AvgIpc) is 2.98. The predicted octanol–water partition coefficient (Wildman–Crippen LogP) is 2.42. The number of hydrogen-bond donors (Lipinski definition) is 1. The van der Waals surface area contributed by atoms with Crippen LogP contribution in [0.25, 0.3) is 0 Å². The van der Waals surface area contributed by atoms with Gasteiger partial charge in [-0.05, 0) is 27.2 Å². The summed E-state index contributed by atoms with van der Waals surface area (Å²) in [5.74, 6) is 0.851. The minimum Gasteiger partial charge on any atom is -0.483 e. The third-order valence-corrected chi connectivity index (χ3v) is 5.30. The highest BCUT2D eigenvalue weighted by atomic mass is 32.1. The van der Waals surface area contributed by atoms with E-state index in [0.717, 1.165) is 36.9 Å². The number of thiazole rings is 1. The van der Waals surface area contributed by atoms with E-state index in [2.05, 4.69) is 21.8 Å². The van der Waals surface area contributed by atoms with Gasteiger partial charge in [-0.15, -0.1) is 11.3 Å². The molecule has 0 unspecified atom stereocenters. The Kier molecular flexibility index (Phi) is 6.73. The first-order valence-corrected chi connectivity index (χ1v) is 9.19. The molecule has 1 aliphatic rings. The van der Waals surface area contributed by atoms with E-state index >= 15 is 0 Å². The van der Waals surface area contributed by atoms with E-state index in [1.165, 1.54) is 4.88 Å². The highest BCUT2D eigenvalue weighted by Gasteiger charge is 2.25. The van der Waals surface area contributed by atoms with Crippen LogP contribution in [0.4, 0.5) is 5.13 Å². The molecule has 26 heavy (non-hydrogen) atoms. The molecule has 0 spiro atoms. The highest BCUT2D eigenvalue weighted by Crippen LogP contribution is 2.26. The maximum atomic E-state index is 12.6. The molecule has 0 bridgehead atoms. The summed E-state index contributed by atoms with van der Waals surface area (Å²) in [6.45, 7) is 10.6. The second-order valence-electron chi connectivity index (χ2n) is 6.02. The minimum absolute atomic E-state index is 0.0588. The number of carboxylic acid groups (broad SMARTS) is 1. The van der Waals surface area contributed by atoms with Crippen molar-refractivity contribution in [1.29, 1.82) is 0 Å². The van der Waals surface area contributed by atoms with Gasteiger partial charge in [-0.1, -0.05) is 0 Å². The van der Waals surface area contributed by atoms with Crippen molar-refractivity contribution in [3.8, 4) is 0 Å². The number of aryl methyl sites for hydroxylation is 4. The third-order valence-electron chi connectivity index (χ3n) is 4.17. The summed E-state index contributed by atoms with van der Waals surface area (Å²) < 4.78 is 5.47. The second-order valence-corrected chi connectivity index (χ2v) is 7.21. The normalized spacial score (nSPS) is 14.5. The van der Waals surface area contributed by atoms with Crippen LogP contribution in [-0.2, 0) is 4.79 Å². The van der Waals surface area contributed by atoms with E-state index < -0.39 is 0 Å². The van der Waals surface area contributed by atoms with Gasteiger partial charge in [0.15, 0.2) is 11.0 Å². The Hall–Kier alpha value is -2.42. The lowest BCUT2D eigenvalue weighted by atomic mass is 10.3. The molecular weight excluding hydrogens is 356 g/mol. The lowest BCUT2D eigenvalue weighted by molar-refractivity contribution is -0.122. The van der Waals surface area contributed by atoms with Crippen LogP contribution in [0, 0.1) is 27.7 Å². The number of hydrogen-bond acceptors (Lipinski definition) is 7. The number of anilines is 1. The van der Waals surface area contributed by atoms with Crippen molar-refractivity contribution in [2.45, 2.75) is 34.1 Å². The maximum Gasteiger partial charge on any atom is 0.291 e. The van der Waals surface area contributed by atoms with E-state index in [-0.39, 0.29) is 12.4 Å². The third kappa shape index (κ3) is 4.60. The molecule has 0 saturated carbocycles. The van der Waals surface area contributed by atoms with Gasteiger partial charge in [-0.25, -0.2) is 9.97 Å². The molecule has 0 aliphatic carbocycles. The van der Waals surface area contributed by atoms with E-state index in [1.807, 2.05) is 18.7 Å². The van der Waals surface area contributed by atoms with Crippen molar-refractivity contribution >= 4 is 28.8 Å². The van der Waals surface area contributed by atoms with Gasteiger partial charge in [0.25, 0.3) is 12.4 Å². The van der Waals surface area contributed by atoms with Gasteiger partial charge in [0.1, 0.15) is 0 Å². The Morgan fingerprint density at radius 3 is 2.35 bits per heavy atom. The van der Waals surface area contributed by atoms with Crippen LogP contribution in [-0.4, -0.2) is 58.5 Å². The van der Waals surface area contributed by atoms with Crippen LogP contribution in [0.2, 0.25) is 0 Å². The Bertz CT molecular complexity index is 751. The van der Waals surface area contributed by atoms with Gasteiger partial charge in [-0.2, -0.15) is 0 Å². The molecule has 1 aliphatic heterocycles. The molecule has 1 saturated heterocycles. The fourth-order valence-electron chi connectivity index (χ4n) is 2.78. The van der Waals surface area contributed by atoms with Crippen LogP contribution < -0.4 is 4.90 Å². The van der Waals surface area contributed by atoms with Crippen LogP contribution in [0.5, 0.6) is 0 Å². The zero-order valence-corrected chi connectivity index (χ0v) is 16.3. The van der Waals surface area contributed by atoms with E-state index in [9.17, 15) is 4.79 Å². The van der Waals surface area contributed by atoms with Gasteiger partial charge < -0.3 is 19.3 Å². The number of amides is 1. The number of carbonyl (C=O) groups excluding carboxylic acids is 1. The lowest BCUT2D eigenvalue weighted by Crippen LogP contribution is -2.35. The van der Waals surface area contributed by atoms with Crippen molar-refractivity contribution in [2.75, 3.05) is 31.1 Å². The zero-order chi connectivity index (χ0) is 19.3. The fraction of sp³-hybridized carbons (Fsp3) is 0.529. The summed E-state index contributed by atoms with van der Waals surface area (Å²) in [5, 5.41) is 7.95. The minimum atomic E-state index is -0.250. The molecule has 0 radical (unpaired) electrons. The molecule has 1 fully saturated rings. The van der Waals surface area contributed by atoms with Gasteiger partial charge >= 0.3 is 0 Å². The molecule has 1 N–H and O–H groups in total. The van der Waals surface area contributed by atoms with Crippen molar-refractivity contribution in [3.63, 3.8) is 0 Å². The maximum absolute atomic E-state index is 12.6. The van der Waals surface area contributed by atoms with Gasteiger partial charge in [0, 0.05) is 38.0 Å². The first-order valence-electron chi connectivity index (χ1n) is 8.37. The van der Waals surface area contributed by atoms with Crippen molar-refractivity contribution in [1.82, 2.24) is 14.9 Å². The lowest BCUT2D eigenvalue weighted by Gasteiger charge is -2.21. The van der Waals surface area contributed by atoms with Gasteiger partial charge in [0.05, 0.1) is 11.4 Å². The van der Waals surface area contributed by atoms with E-state index in [1.54, 1.807) is 18.3 Å². The SMILES string of the molecule is Cc1nc(C)c(C(=O)N2CCCN(c3nc(C)c(C)s3)CC2)o1.O=CO. The molecule has 9 heteroatoms. The zero-order valence-electron chi connectivity index (χ0n) is 15.5. The molecule has 8 nitrogen and oxygen atoms in total. The first kappa shape index (κ1) is 19.9. The molecule has 2 aromatic heterocycles. The number of nitrogens with zero attached hydrogens (tertiary/aromatic N) is 4. The smallest absolute Gasteiger partial charge is 0.291 e. The quantitative estimate of drug-likeness (QED) is 0.799. The van der Waals surface area contributed by atoms with E-state index in [0.29, 0.717) is 23.9 Å². The molecule has 0 aromatic carbocycles. The Labute approximate surface area is 156 Å². The van der Waals surface area contributed by atoms with E-state index in [4.69, 9.17) is 14.3 Å². The predicted molar refractivity (Wildman–Crippen MR) is 99.0 cm³/mol. The number of aromatic nitrogens is 2. The second kappa shape index (κ2) is 8.79. The topological polar surface area (TPSA) is 99.8 Å². The molecule has 3 heterocycles. The Balaban J connectivity index is 0.000000758. The van der Waals surface area contributed by atoms with Crippen molar-refractivity contribution < 1.29 is 19.1 Å². The Morgan fingerprint density at radius 1 is 1.12 bits per heavy atom. The van der Waals surface area contributed by atoms with Crippen molar-refractivity contribution in [3.05, 3.63) is 27.9 Å². The fourth-order valence-corrected chi connectivity index (χ4v) is 3.74. The van der Waals surface area contributed by atoms with Crippen LogP contribution in [0.3, 0.4) is 0 Å². The summed E-state index contributed by atoms with van der Waals surface area (Å²) in [6, 6.07) is 0. The number of oxazole rings is 1. The molecule has 142 valence electrons. The summed E-state index contributed by atoms with van der Waals surface area (Å²) in [5.41, 5.74) is 1.76. The Morgan fingerprint density at radius 2 is 1.81 bits per heavy atom. The largest absolute Gasteiger partial charge is 0.483 e. The van der Waals surface area contributed by atoms with Crippen LogP contribution in [0.1, 0.15) is 39.1 Å². The van der Waals surface area contributed by atoms with Crippen LogP contribution in [0.15, 0.2) is 4.42 Å². The molecule has 0 atom stereocenters. The highest BCUT2D eigenvalue weighted by molar-refractivity contribution is 7.15. The molecular formula is C17H24N4O4S. The number of rotatable bonds is 2. The molecule has 3 rings (SSSR count). The first-order chi connectivity index (χ1) is 12.4. The van der Waals surface area contributed by atoms with Crippen molar-refractivity contribution in [2.24, 2.45) is 0 Å².